The van der Waals surface area contributed by atoms with E-state index >= 15 is 0 Å². The second-order valence-corrected chi connectivity index (χ2v) is 11.2. The lowest BCUT2D eigenvalue weighted by molar-refractivity contribution is 0.460. The zero-order chi connectivity index (χ0) is 22.9. The van der Waals surface area contributed by atoms with Crippen LogP contribution in [-0.4, -0.2) is 5.11 Å². The van der Waals surface area contributed by atoms with Crippen molar-refractivity contribution in [1.82, 2.24) is 0 Å². The van der Waals surface area contributed by atoms with Crippen LogP contribution in [0.2, 0.25) is 0 Å². The zero-order valence-electron chi connectivity index (χ0n) is 21.5. The summed E-state index contributed by atoms with van der Waals surface area (Å²) in [4.78, 5) is 2.59. The van der Waals surface area contributed by atoms with Crippen molar-refractivity contribution in [3.05, 3.63) is 17.2 Å². The third-order valence-corrected chi connectivity index (χ3v) is 8.22. The molecule has 1 aromatic carbocycles. The lowest BCUT2D eigenvalue weighted by atomic mass is 9.96. The number of benzene rings is 1. The van der Waals surface area contributed by atoms with E-state index < -0.39 is 0 Å². The maximum atomic E-state index is 10.3. The average molecular weight is 461 g/mol. The van der Waals surface area contributed by atoms with E-state index in [9.17, 15) is 5.11 Å². The molecule has 0 bridgehead atoms. The van der Waals surface area contributed by atoms with Gasteiger partial charge < -0.3 is 5.11 Å². The van der Waals surface area contributed by atoms with Gasteiger partial charge in [0.05, 0.1) is 4.90 Å². The minimum absolute atomic E-state index is 0.541. The summed E-state index contributed by atoms with van der Waals surface area (Å²) in [6.45, 7) is 4.58. The Morgan fingerprint density at radius 1 is 0.531 bits per heavy atom. The Hall–Kier alpha value is -0.630. The fourth-order valence-electron chi connectivity index (χ4n) is 5.00. The van der Waals surface area contributed by atoms with Crippen molar-refractivity contribution in [2.45, 2.75) is 165 Å². The number of rotatable bonds is 22. The Kier molecular flexibility index (Phi) is 15.4. The van der Waals surface area contributed by atoms with Crippen molar-refractivity contribution in [2.24, 2.45) is 0 Å². The van der Waals surface area contributed by atoms with Crippen LogP contribution in [-0.2, 0) is 12.8 Å². The molecule has 0 fully saturated rings. The molecule has 0 saturated heterocycles. The Morgan fingerprint density at radius 3 is 1.41 bits per heavy atom. The summed E-state index contributed by atoms with van der Waals surface area (Å²) in [7, 11) is 0. The highest BCUT2D eigenvalue weighted by atomic mass is 32.2. The Morgan fingerprint density at radius 2 is 0.938 bits per heavy atom. The van der Waals surface area contributed by atoms with Crippen LogP contribution in [0.5, 0.6) is 5.75 Å². The maximum Gasteiger partial charge on any atom is 0.130 e. The SMILES string of the molecule is CCCCCCCCCCCCc1cc(O)c2c(c1CCCCCCCCCCCC)S2. The minimum Gasteiger partial charge on any atom is -0.507 e. The molecule has 1 nitrogen and oxygen atoms in total. The molecule has 0 aliphatic carbocycles. The zero-order valence-corrected chi connectivity index (χ0v) is 22.3. The minimum atomic E-state index is 0.541. The van der Waals surface area contributed by atoms with E-state index in [2.05, 4.69) is 19.9 Å². The molecule has 0 saturated carbocycles. The highest BCUT2D eigenvalue weighted by Gasteiger charge is 2.29. The van der Waals surface area contributed by atoms with E-state index in [1.807, 2.05) is 11.8 Å². The van der Waals surface area contributed by atoms with E-state index in [0.29, 0.717) is 5.75 Å². The normalized spacial score (nSPS) is 12.3. The van der Waals surface area contributed by atoms with Crippen molar-refractivity contribution < 1.29 is 5.11 Å². The van der Waals surface area contributed by atoms with E-state index in [0.717, 1.165) is 6.42 Å². The molecule has 1 aromatic rings. The second-order valence-electron chi connectivity index (χ2n) is 10.2. The van der Waals surface area contributed by atoms with Gasteiger partial charge in [-0.25, -0.2) is 0 Å². The first-order valence-corrected chi connectivity index (χ1v) is 15.1. The number of hydrogen-bond acceptors (Lipinski definition) is 2. The number of phenols is 1. The van der Waals surface area contributed by atoms with Crippen LogP contribution >= 0.6 is 11.8 Å². The summed E-state index contributed by atoms with van der Waals surface area (Å²) in [5, 5.41) is 10.3. The van der Waals surface area contributed by atoms with E-state index in [1.54, 1.807) is 5.56 Å². The summed E-state index contributed by atoms with van der Waals surface area (Å²) in [6.07, 6.45) is 30.3. The van der Waals surface area contributed by atoms with Gasteiger partial charge in [-0.15, -0.1) is 0 Å². The van der Waals surface area contributed by atoms with Crippen molar-refractivity contribution in [3.8, 4) is 5.75 Å². The number of fused-ring (bicyclic) bond motifs is 1. The molecule has 2 rings (SSSR count). The van der Waals surface area contributed by atoms with Gasteiger partial charge in [-0.05, 0) is 42.9 Å². The van der Waals surface area contributed by atoms with Gasteiger partial charge >= 0.3 is 0 Å². The molecular weight excluding hydrogens is 408 g/mol. The fraction of sp³-hybridized carbons (Fsp3) is 0.800. The van der Waals surface area contributed by atoms with Gasteiger partial charge in [0.15, 0.2) is 0 Å². The smallest absolute Gasteiger partial charge is 0.130 e. The van der Waals surface area contributed by atoms with Crippen LogP contribution in [0.4, 0.5) is 0 Å². The van der Waals surface area contributed by atoms with Crippen LogP contribution < -0.4 is 0 Å². The fourth-order valence-corrected chi connectivity index (χ4v) is 5.90. The number of hydrogen-bond donors (Lipinski definition) is 1. The van der Waals surface area contributed by atoms with E-state index in [4.69, 9.17) is 0 Å². The number of unbranched alkanes of at least 4 members (excludes halogenated alkanes) is 18. The van der Waals surface area contributed by atoms with Crippen LogP contribution in [0.3, 0.4) is 0 Å². The topological polar surface area (TPSA) is 20.2 Å². The van der Waals surface area contributed by atoms with Crippen molar-refractivity contribution in [3.63, 3.8) is 0 Å². The number of aromatic hydroxyl groups is 1. The summed E-state index contributed by atoms with van der Waals surface area (Å²) in [5.41, 5.74) is 3.03. The maximum absolute atomic E-state index is 10.3. The standard InChI is InChI=1S/C30H52OS/c1-3-5-7-9-11-13-15-17-19-21-23-26-25-28(31)30-29(32-30)27(26)24-22-20-18-16-14-12-10-8-6-4-2/h25,31H,3-24H2,1-2H3. The van der Waals surface area contributed by atoms with Gasteiger partial charge in [0.25, 0.3) is 0 Å². The molecule has 1 N–H and O–H groups in total. The Balaban J connectivity index is 1.57. The third kappa shape index (κ3) is 11.5. The predicted molar refractivity (Wildman–Crippen MR) is 143 cm³/mol. The molecule has 184 valence electrons. The van der Waals surface area contributed by atoms with Gasteiger partial charge in [0, 0.05) is 4.90 Å². The molecule has 1 heterocycles. The summed E-state index contributed by atoms with van der Waals surface area (Å²) >= 11 is 1.82. The van der Waals surface area contributed by atoms with Crippen molar-refractivity contribution in [1.29, 1.82) is 0 Å². The first kappa shape index (κ1) is 27.6. The molecule has 0 aromatic heterocycles. The quantitative estimate of drug-likeness (QED) is 0.139. The molecule has 0 atom stereocenters. The highest BCUT2D eigenvalue weighted by Crippen LogP contribution is 2.57. The summed E-state index contributed by atoms with van der Waals surface area (Å²) in [5.74, 6) is 0.541. The number of aryl methyl sites for hydroxylation is 1. The molecule has 1 aliphatic rings. The second kappa shape index (κ2) is 17.8. The van der Waals surface area contributed by atoms with Crippen LogP contribution in [0.25, 0.3) is 0 Å². The highest BCUT2D eigenvalue weighted by molar-refractivity contribution is 8.05. The summed E-state index contributed by atoms with van der Waals surface area (Å²) in [6, 6.07) is 2.10. The Bertz CT molecular complexity index is 609. The average Bonchev–Trinajstić information content (AvgIpc) is 3.59. The first-order valence-electron chi connectivity index (χ1n) is 14.3. The van der Waals surface area contributed by atoms with Gasteiger partial charge in [-0.2, -0.15) is 0 Å². The summed E-state index contributed by atoms with van der Waals surface area (Å²) < 4.78 is 0. The molecule has 2 heteroatoms. The van der Waals surface area contributed by atoms with Gasteiger partial charge in [0.2, 0.25) is 0 Å². The van der Waals surface area contributed by atoms with Crippen LogP contribution in [0, 0.1) is 0 Å². The largest absolute Gasteiger partial charge is 0.507 e. The van der Waals surface area contributed by atoms with Gasteiger partial charge in [-0.3, -0.25) is 0 Å². The van der Waals surface area contributed by atoms with Crippen LogP contribution in [0.15, 0.2) is 15.9 Å². The molecule has 0 unspecified atom stereocenters. The Labute approximate surface area is 204 Å². The lowest BCUT2D eigenvalue weighted by Crippen LogP contribution is -1.96. The predicted octanol–water partition coefficient (Wildman–Crippen LogP) is 10.8. The van der Waals surface area contributed by atoms with E-state index in [1.165, 1.54) is 150 Å². The molecular formula is C30H52OS. The molecule has 0 spiro atoms. The number of phenolic OH excluding ortho intramolecular Hbond substituents is 1. The lowest BCUT2D eigenvalue weighted by Gasteiger charge is -2.10. The first-order chi connectivity index (χ1) is 15.8. The van der Waals surface area contributed by atoms with Crippen LogP contribution in [0.1, 0.15) is 153 Å². The van der Waals surface area contributed by atoms with Crippen molar-refractivity contribution in [2.75, 3.05) is 0 Å². The molecule has 1 aliphatic heterocycles. The monoisotopic (exact) mass is 460 g/mol. The van der Waals surface area contributed by atoms with Gasteiger partial charge in [-0.1, -0.05) is 141 Å². The van der Waals surface area contributed by atoms with E-state index in [-0.39, 0.29) is 0 Å². The third-order valence-electron chi connectivity index (χ3n) is 7.15. The molecule has 32 heavy (non-hydrogen) atoms. The molecule has 0 amide bonds. The molecule has 0 radical (unpaired) electrons. The van der Waals surface area contributed by atoms with Crippen molar-refractivity contribution >= 4 is 11.8 Å². The van der Waals surface area contributed by atoms with Gasteiger partial charge in [0.1, 0.15) is 5.75 Å².